The van der Waals surface area contributed by atoms with E-state index in [2.05, 4.69) is 20.3 Å². The molecule has 3 aromatic heterocycles. The number of rotatable bonds is 4. The van der Waals surface area contributed by atoms with Gasteiger partial charge in [-0.25, -0.2) is 0 Å². The van der Waals surface area contributed by atoms with Gasteiger partial charge in [-0.3, -0.25) is 4.98 Å². The largest absolute Gasteiger partial charge is 0.484 e. The fourth-order valence-corrected chi connectivity index (χ4v) is 3.42. The minimum atomic E-state index is 0.196. The maximum Gasteiger partial charge on any atom is 0.235 e. The first kappa shape index (κ1) is 15.3. The molecule has 0 amide bonds. The van der Waals surface area contributed by atoms with Crippen LogP contribution in [0.15, 0.2) is 42.7 Å². The SMILES string of the molecule is Clc1ccc(OCc2nnc3sc(-c4ccncc4)nn23)c(Cl)c1. The van der Waals surface area contributed by atoms with Crippen molar-refractivity contribution in [3.63, 3.8) is 0 Å². The number of ether oxygens (including phenoxy) is 1. The van der Waals surface area contributed by atoms with Gasteiger partial charge in [-0.05, 0) is 30.3 Å². The van der Waals surface area contributed by atoms with E-state index >= 15 is 0 Å². The fraction of sp³-hybridized carbons (Fsp3) is 0.0667. The molecule has 0 fully saturated rings. The van der Waals surface area contributed by atoms with Crippen LogP contribution in [0, 0.1) is 0 Å². The number of aromatic nitrogens is 5. The number of pyridine rings is 1. The summed E-state index contributed by atoms with van der Waals surface area (Å²) in [6.45, 7) is 0.196. The molecule has 0 bridgehead atoms. The van der Waals surface area contributed by atoms with Crippen molar-refractivity contribution in [3.05, 3.63) is 58.6 Å². The Morgan fingerprint density at radius 2 is 1.92 bits per heavy atom. The molecular formula is C15H9Cl2N5OS. The van der Waals surface area contributed by atoms with Gasteiger partial charge in [0.2, 0.25) is 4.96 Å². The van der Waals surface area contributed by atoms with E-state index in [1.807, 2.05) is 12.1 Å². The molecule has 3 heterocycles. The van der Waals surface area contributed by atoms with Gasteiger partial charge >= 0.3 is 0 Å². The molecule has 0 aliphatic rings. The number of fused-ring (bicyclic) bond motifs is 1. The van der Waals surface area contributed by atoms with E-state index in [4.69, 9.17) is 27.9 Å². The second-order valence-electron chi connectivity index (χ2n) is 4.82. The molecule has 4 aromatic rings. The lowest BCUT2D eigenvalue weighted by Crippen LogP contribution is -2.02. The van der Waals surface area contributed by atoms with E-state index in [0.717, 1.165) is 10.6 Å². The van der Waals surface area contributed by atoms with Gasteiger partial charge in [-0.2, -0.15) is 9.61 Å². The van der Waals surface area contributed by atoms with Crippen LogP contribution < -0.4 is 4.74 Å². The van der Waals surface area contributed by atoms with Gasteiger partial charge in [-0.15, -0.1) is 10.2 Å². The molecule has 0 aliphatic carbocycles. The van der Waals surface area contributed by atoms with Crippen molar-refractivity contribution in [1.29, 1.82) is 0 Å². The molecule has 120 valence electrons. The third kappa shape index (κ3) is 2.93. The van der Waals surface area contributed by atoms with Crippen LogP contribution in [0.3, 0.4) is 0 Å². The summed E-state index contributed by atoms with van der Waals surface area (Å²) in [5, 5.41) is 14.6. The highest BCUT2D eigenvalue weighted by Crippen LogP contribution is 2.29. The zero-order valence-corrected chi connectivity index (χ0v) is 14.4. The standard InChI is InChI=1S/C15H9Cl2N5OS/c16-10-1-2-12(11(17)7-10)23-8-13-19-20-15-22(13)21-14(24-15)9-3-5-18-6-4-9/h1-7H,8H2. The van der Waals surface area contributed by atoms with Gasteiger partial charge < -0.3 is 4.74 Å². The highest BCUT2D eigenvalue weighted by atomic mass is 35.5. The second-order valence-corrected chi connectivity index (χ2v) is 6.62. The van der Waals surface area contributed by atoms with E-state index in [9.17, 15) is 0 Å². The van der Waals surface area contributed by atoms with Crippen molar-refractivity contribution in [2.24, 2.45) is 0 Å². The summed E-state index contributed by atoms with van der Waals surface area (Å²) in [6.07, 6.45) is 3.45. The Morgan fingerprint density at radius 1 is 1.08 bits per heavy atom. The number of nitrogens with zero attached hydrogens (tertiary/aromatic N) is 5. The highest BCUT2D eigenvalue weighted by Gasteiger charge is 2.14. The quantitative estimate of drug-likeness (QED) is 0.534. The van der Waals surface area contributed by atoms with Gasteiger partial charge in [-0.1, -0.05) is 34.5 Å². The Balaban J connectivity index is 1.59. The first-order chi connectivity index (χ1) is 11.7. The Hall–Kier alpha value is -2.22. The van der Waals surface area contributed by atoms with Crippen LogP contribution in [0.5, 0.6) is 5.75 Å². The Bertz CT molecular complexity index is 1000. The van der Waals surface area contributed by atoms with Gasteiger partial charge in [0.05, 0.1) is 5.02 Å². The average Bonchev–Trinajstić information content (AvgIpc) is 3.16. The van der Waals surface area contributed by atoms with E-state index in [0.29, 0.717) is 26.6 Å². The number of benzene rings is 1. The molecule has 0 spiro atoms. The van der Waals surface area contributed by atoms with Crippen LogP contribution in [0.1, 0.15) is 5.82 Å². The first-order valence-corrected chi connectivity index (χ1v) is 8.47. The highest BCUT2D eigenvalue weighted by molar-refractivity contribution is 7.19. The van der Waals surface area contributed by atoms with Gasteiger partial charge in [0, 0.05) is 23.0 Å². The van der Waals surface area contributed by atoms with Crippen LogP contribution in [-0.4, -0.2) is 24.8 Å². The molecule has 0 saturated carbocycles. The van der Waals surface area contributed by atoms with Gasteiger partial charge in [0.15, 0.2) is 5.82 Å². The molecule has 0 radical (unpaired) electrons. The smallest absolute Gasteiger partial charge is 0.235 e. The molecule has 4 rings (SSSR count). The summed E-state index contributed by atoms with van der Waals surface area (Å²) in [5.41, 5.74) is 0.980. The monoisotopic (exact) mass is 377 g/mol. The Labute approximate surface area is 150 Å². The fourth-order valence-electron chi connectivity index (χ4n) is 2.09. The van der Waals surface area contributed by atoms with Crippen LogP contribution in [0.2, 0.25) is 10.0 Å². The predicted molar refractivity (Wildman–Crippen MR) is 92.7 cm³/mol. The van der Waals surface area contributed by atoms with E-state index in [1.54, 1.807) is 35.1 Å². The molecule has 0 atom stereocenters. The second kappa shape index (κ2) is 6.35. The lowest BCUT2D eigenvalue weighted by molar-refractivity contribution is 0.293. The third-order valence-electron chi connectivity index (χ3n) is 3.23. The summed E-state index contributed by atoms with van der Waals surface area (Å²) in [4.78, 5) is 4.70. The molecule has 24 heavy (non-hydrogen) atoms. The molecule has 6 nitrogen and oxygen atoms in total. The molecule has 0 saturated heterocycles. The van der Waals surface area contributed by atoms with Gasteiger partial charge in [0.1, 0.15) is 17.4 Å². The molecule has 1 aromatic carbocycles. The summed E-state index contributed by atoms with van der Waals surface area (Å²) in [5.74, 6) is 1.12. The topological polar surface area (TPSA) is 65.2 Å². The normalized spacial score (nSPS) is 11.1. The predicted octanol–water partition coefficient (Wildman–Crippen LogP) is 4.13. The van der Waals surface area contributed by atoms with Crippen molar-refractivity contribution >= 4 is 39.5 Å². The van der Waals surface area contributed by atoms with E-state index in [1.165, 1.54) is 11.3 Å². The Morgan fingerprint density at radius 3 is 2.71 bits per heavy atom. The summed E-state index contributed by atoms with van der Waals surface area (Å²) < 4.78 is 7.37. The van der Waals surface area contributed by atoms with Crippen molar-refractivity contribution in [2.45, 2.75) is 6.61 Å². The molecule has 9 heteroatoms. The molecule has 0 aliphatic heterocycles. The maximum absolute atomic E-state index is 6.10. The average molecular weight is 378 g/mol. The number of halogens is 2. The molecular weight excluding hydrogens is 369 g/mol. The summed E-state index contributed by atoms with van der Waals surface area (Å²) >= 11 is 13.4. The molecule has 0 unspecified atom stereocenters. The lowest BCUT2D eigenvalue weighted by atomic mass is 10.3. The Kier molecular flexibility index (Phi) is 4.05. The number of hydrogen-bond donors (Lipinski definition) is 0. The van der Waals surface area contributed by atoms with Crippen LogP contribution in [0.4, 0.5) is 0 Å². The van der Waals surface area contributed by atoms with E-state index in [-0.39, 0.29) is 6.61 Å². The van der Waals surface area contributed by atoms with Crippen LogP contribution in [0.25, 0.3) is 15.5 Å². The van der Waals surface area contributed by atoms with Crippen LogP contribution >= 0.6 is 34.5 Å². The van der Waals surface area contributed by atoms with Crippen molar-refractivity contribution < 1.29 is 4.74 Å². The minimum absolute atomic E-state index is 0.196. The summed E-state index contributed by atoms with van der Waals surface area (Å²) in [6, 6.07) is 8.85. The lowest BCUT2D eigenvalue weighted by Gasteiger charge is -2.06. The van der Waals surface area contributed by atoms with Crippen LogP contribution in [-0.2, 0) is 6.61 Å². The van der Waals surface area contributed by atoms with E-state index < -0.39 is 0 Å². The zero-order chi connectivity index (χ0) is 16.5. The van der Waals surface area contributed by atoms with Gasteiger partial charge in [0.25, 0.3) is 0 Å². The number of hydrogen-bond acceptors (Lipinski definition) is 6. The third-order valence-corrected chi connectivity index (χ3v) is 4.71. The van der Waals surface area contributed by atoms with Crippen molar-refractivity contribution in [2.75, 3.05) is 0 Å². The summed E-state index contributed by atoms with van der Waals surface area (Å²) in [7, 11) is 0. The zero-order valence-electron chi connectivity index (χ0n) is 12.1. The molecule has 0 N–H and O–H groups in total. The van der Waals surface area contributed by atoms with Crippen molar-refractivity contribution in [1.82, 2.24) is 24.8 Å². The minimum Gasteiger partial charge on any atom is -0.484 e. The maximum atomic E-state index is 6.10. The first-order valence-electron chi connectivity index (χ1n) is 6.90. The van der Waals surface area contributed by atoms with Crippen molar-refractivity contribution in [3.8, 4) is 16.3 Å².